The zero-order chi connectivity index (χ0) is 35.3. The number of aromatic nitrogens is 6. The van der Waals surface area contributed by atoms with E-state index in [0.29, 0.717) is 0 Å². The summed E-state index contributed by atoms with van der Waals surface area (Å²) in [7, 11) is 0. The third-order valence-corrected chi connectivity index (χ3v) is 12.0. The first-order valence-electron chi connectivity index (χ1n) is 18.0. The van der Waals surface area contributed by atoms with E-state index in [4.69, 9.17) is 15.0 Å². The minimum absolute atomic E-state index is 0.811. The van der Waals surface area contributed by atoms with E-state index in [1.165, 1.54) is 30.9 Å². The number of fused-ring (bicyclic) bond motifs is 12. The van der Waals surface area contributed by atoms with Crippen molar-refractivity contribution in [2.45, 2.75) is 0 Å². The minimum Gasteiger partial charge on any atom is -0.307 e. The summed E-state index contributed by atoms with van der Waals surface area (Å²) in [6.45, 7) is 0. The van der Waals surface area contributed by atoms with Crippen LogP contribution in [0.25, 0.3) is 104 Å². The standard InChI is InChI=1S/C47H28N6S/c1-2-13-29(14-3-1)51-37-20-9-7-17-32(37)35-24-25-39-43(44(35)51)50-47-52(39)40-22-12-27-49-46(40)53(47)38-21-10-6-16-31(38)30-15-4-5-19-34(30)42-45-36(26-28-48-42)33-18-8-11-23-41(33)54-45/h1-28H. The molecule has 7 heteroatoms. The Labute approximate surface area is 312 Å². The van der Waals surface area contributed by atoms with Gasteiger partial charge in [0, 0.05) is 55.5 Å². The lowest BCUT2D eigenvalue weighted by Crippen LogP contribution is -2.00. The maximum absolute atomic E-state index is 5.57. The molecule has 0 aliphatic heterocycles. The summed E-state index contributed by atoms with van der Waals surface area (Å²) in [6.07, 6.45) is 3.81. The Hall–Kier alpha value is -7.09. The van der Waals surface area contributed by atoms with Gasteiger partial charge in [0.1, 0.15) is 5.52 Å². The van der Waals surface area contributed by atoms with Crippen molar-refractivity contribution >= 4 is 81.3 Å². The number of pyridine rings is 2. The summed E-state index contributed by atoms with van der Waals surface area (Å²) in [6, 6.07) is 55.8. The minimum atomic E-state index is 0.811. The maximum Gasteiger partial charge on any atom is 0.222 e. The Bertz CT molecular complexity index is 3460. The molecule has 6 heterocycles. The third-order valence-electron chi connectivity index (χ3n) is 10.8. The van der Waals surface area contributed by atoms with Crippen molar-refractivity contribution in [2.75, 3.05) is 0 Å². The molecule has 6 aromatic carbocycles. The number of hydrogen-bond acceptors (Lipinski definition) is 4. The fourth-order valence-corrected chi connectivity index (χ4v) is 9.73. The molecular weight excluding hydrogens is 681 g/mol. The van der Waals surface area contributed by atoms with Gasteiger partial charge >= 0.3 is 0 Å². The quantitative estimate of drug-likeness (QED) is 0.183. The van der Waals surface area contributed by atoms with Gasteiger partial charge in [0.25, 0.3) is 0 Å². The molecule has 0 saturated heterocycles. The van der Waals surface area contributed by atoms with Crippen molar-refractivity contribution in [1.29, 1.82) is 0 Å². The summed E-state index contributed by atoms with van der Waals surface area (Å²) in [5.74, 6) is 0.811. The molecule has 0 aliphatic rings. The van der Waals surface area contributed by atoms with Crippen molar-refractivity contribution in [3.63, 3.8) is 0 Å². The number of nitrogens with zero attached hydrogens (tertiary/aromatic N) is 6. The third kappa shape index (κ3) is 4.01. The molecule has 6 aromatic heterocycles. The molecule has 12 rings (SSSR count). The van der Waals surface area contributed by atoms with Gasteiger partial charge in [-0.15, -0.1) is 11.3 Å². The monoisotopic (exact) mass is 708 g/mol. The normalized spacial score (nSPS) is 12.1. The molecule has 0 saturated carbocycles. The molecule has 0 spiro atoms. The average Bonchev–Trinajstić information content (AvgIpc) is 3.98. The zero-order valence-electron chi connectivity index (χ0n) is 28.8. The van der Waals surface area contributed by atoms with Gasteiger partial charge in [-0.3, -0.25) is 14.0 Å². The first-order chi connectivity index (χ1) is 26.8. The summed E-state index contributed by atoms with van der Waals surface area (Å²) in [4.78, 5) is 15.6. The zero-order valence-corrected chi connectivity index (χ0v) is 29.6. The Morgan fingerprint density at radius 2 is 1.20 bits per heavy atom. The second kappa shape index (κ2) is 11.2. The Morgan fingerprint density at radius 1 is 0.463 bits per heavy atom. The molecule has 12 aromatic rings. The summed E-state index contributed by atoms with van der Waals surface area (Å²) < 4.78 is 9.31. The van der Waals surface area contributed by atoms with Gasteiger partial charge in [-0.1, -0.05) is 97.1 Å². The molecule has 0 bridgehead atoms. The van der Waals surface area contributed by atoms with E-state index in [9.17, 15) is 0 Å². The van der Waals surface area contributed by atoms with Crippen LogP contribution < -0.4 is 0 Å². The van der Waals surface area contributed by atoms with Gasteiger partial charge in [0.05, 0.1) is 38.1 Å². The molecule has 252 valence electrons. The van der Waals surface area contributed by atoms with Crippen LogP contribution in [0, 0.1) is 0 Å². The molecule has 0 amide bonds. The predicted octanol–water partition coefficient (Wildman–Crippen LogP) is 12.0. The fourth-order valence-electron chi connectivity index (χ4n) is 8.53. The highest BCUT2D eigenvalue weighted by atomic mass is 32.1. The second-order valence-corrected chi connectivity index (χ2v) is 14.7. The predicted molar refractivity (Wildman–Crippen MR) is 223 cm³/mol. The van der Waals surface area contributed by atoms with Crippen LogP contribution >= 0.6 is 11.3 Å². The van der Waals surface area contributed by atoms with Gasteiger partial charge in [-0.05, 0) is 66.2 Å². The van der Waals surface area contributed by atoms with E-state index in [1.54, 1.807) is 11.3 Å². The number of benzene rings is 6. The molecule has 6 nitrogen and oxygen atoms in total. The number of rotatable bonds is 4. The highest BCUT2D eigenvalue weighted by Crippen LogP contribution is 2.44. The van der Waals surface area contributed by atoms with Crippen molar-refractivity contribution in [2.24, 2.45) is 0 Å². The van der Waals surface area contributed by atoms with Crippen molar-refractivity contribution in [3.05, 3.63) is 170 Å². The van der Waals surface area contributed by atoms with Crippen LogP contribution in [0.15, 0.2) is 170 Å². The molecule has 0 N–H and O–H groups in total. The summed E-state index contributed by atoms with van der Waals surface area (Å²) in [5, 5.41) is 4.87. The Balaban J connectivity index is 1.16. The lowest BCUT2D eigenvalue weighted by atomic mass is 9.95. The van der Waals surface area contributed by atoms with Gasteiger partial charge in [0.2, 0.25) is 5.78 Å². The Morgan fingerprint density at radius 3 is 2.11 bits per heavy atom. The van der Waals surface area contributed by atoms with E-state index < -0.39 is 0 Å². The van der Waals surface area contributed by atoms with Crippen LogP contribution in [-0.2, 0) is 0 Å². The van der Waals surface area contributed by atoms with Crippen LogP contribution in [0.4, 0.5) is 0 Å². The molecule has 0 unspecified atom stereocenters. The van der Waals surface area contributed by atoms with Gasteiger partial charge in [0.15, 0.2) is 5.65 Å². The van der Waals surface area contributed by atoms with E-state index >= 15 is 0 Å². The van der Waals surface area contributed by atoms with Crippen molar-refractivity contribution in [1.82, 2.24) is 28.5 Å². The largest absolute Gasteiger partial charge is 0.307 e. The SMILES string of the molecule is c1ccc(-n2c3ccccc3c3ccc4c(nc5n(-c6ccccc6-c6ccccc6-c6nccc7c6sc6ccccc67)c6ncccc6n45)c32)cc1. The number of imidazole rings is 2. The average molecular weight is 709 g/mol. The summed E-state index contributed by atoms with van der Waals surface area (Å²) in [5.41, 5.74) is 12.4. The van der Waals surface area contributed by atoms with Crippen LogP contribution in [-0.4, -0.2) is 28.5 Å². The first kappa shape index (κ1) is 29.5. The second-order valence-electron chi connectivity index (χ2n) is 13.6. The fraction of sp³-hybridized carbons (Fsp3) is 0. The highest BCUT2D eigenvalue weighted by Gasteiger charge is 2.25. The lowest BCUT2D eigenvalue weighted by Gasteiger charge is -2.15. The molecule has 0 radical (unpaired) electrons. The van der Waals surface area contributed by atoms with Crippen LogP contribution in [0.1, 0.15) is 0 Å². The maximum atomic E-state index is 5.57. The summed E-state index contributed by atoms with van der Waals surface area (Å²) >= 11 is 1.80. The number of hydrogen-bond donors (Lipinski definition) is 0. The van der Waals surface area contributed by atoms with E-state index in [2.05, 4.69) is 165 Å². The van der Waals surface area contributed by atoms with E-state index in [1.807, 2.05) is 18.5 Å². The molecule has 0 aliphatic carbocycles. The molecular formula is C47H28N6S. The van der Waals surface area contributed by atoms with Crippen molar-refractivity contribution in [3.8, 4) is 33.8 Å². The molecule has 54 heavy (non-hydrogen) atoms. The number of para-hydroxylation sites is 3. The highest BCUT2D eigenvalue weighted by molar-refractivity contribution is 7.26. The number of thiophene rings is 1. The van der Waals surface area contributed by atoms with E-state index in [0.717, 1.165) is 72.8 Å². The van der Waals surface area contributed by atoms with Crippen LogP contribution in [0.2, 0.25) is 0 Å². The van der Waals surface area contributed by atoms with Gasteiger partial charge in [-0.2, -0.15) is 0 Å². The van der Waals surface area contributed by atoms with Crippen molar-refractivity contribution < 1.29 is 0 Å². The smallest absolute Gasteiger partial charge is 0.222 e. The molecule has 0 atom stereocenters. The van der Waals surface area contributed by atoms with Crippen LogP contribution in [0.5, 0.6) is 0 Å². The Kier molecular flexibility index (Phi) is 6.12. The first-order valence-corrected chi connectivity index (χ1v) is 18.9. The van der Waals surface area contributed by atoms with Gasteiger partial charge < -0.3 is 4.57 Å². The van der Waals surface area contributed by atoms with Crippen LogP contribution in [0.3, 0.4) is 0 Å². The lowest BCUT2D eigenvalue weighted by molar-refractivity contribution is 1.09. The van der Waals surface area contributed by atoms with E-state index in [-0.39, 0.29) is 0 Å². The topological polar surface area (TPSA) is 52.9 Å². The van der Waals surface area contributed by atoms with Gasteiger partial charge in [-0.25, -0.2) is 9.97 Å². The molecule has 0 fully saturated rings.